The van der Waals surface area contributed by atoms with Gasteiger partial charge in [-0.15, -0.1) is 0 Å². The van der Waals surface area contributed by atoms with Crippen LogP contribution in [0, 0.1) is 6.92 Å². The zero-order valence-corrected chi connectivity index (χ0v) is 20.0. The van der Waals surface area contributed by atoms with E-state index >= 15 is 0 Å². The molecule has 0 radical (unpaired) electrons. The Hall–Kier alpha value is -2.80. The van der Waals surface area contributed by atoms with Crippen LogP contribution >= 0.6 is 0 Å². The van der Waals surface area contributed by atoms with E-state index in [0.29, 0.717) is 0 Å². The molecule has 1 nitrogen and oxygen atoms in total. The molecule has 0 bridgehead atoms. The van der Waals surface area contributed by atoms with Crippen molar-refractivity contribution in [2.24, 2.45) is 0 Å². The standard InChI is InChI=1S/C31H35N/c1-5-7-20-31(21-8-6-2)26-18-16-23-13-9-10-15-25(23)29(26)32(4)30-27(31)19-17-24-14-11-12-22(3)28(24)30/h9-19H,5-8,20-21H2,1-4H3. The first-order valence-electron chi connectivity index (χ1n) is 12.4. The summed E-state index contributed by atoms with van der Waals surface area (Å²) in [5.41, 5.74) is 7.35. The normalized spacial score (nSPS) is 14.6. The summed E-state index contributed by atoms with van der Waals surface area (Å²) >= 11 is 0. The summed E-state index contributed by atoms with van der Waals surface area (Å²) in [6.45, 7) is 6.93. The van der Waals surface area contributed by atoms with E-state index in [2.05, 4.69) is 99.4 Å². The summed E-state index contributed by atoms with van der Waals surface area (Å²) in [5.74, 6) is 0. The lowest BCUT2D eigenvalue weighted by molar-refractivity contribution is 0.403. The van der Waals surface area contributed by atoms with E-state index in [1.807, 2.05) is 0 Å². The number of aryl methyl sites for hydroxylation is 1. The maximum Gasteiger partial charge on any atom is 0.0532 e. The molecule has 0 fully saturated rings. The molecular formula is C31H35N. The van der Waals surface area contributed by atoms with E-state index in [4.69, 9.17) is 0 Å². The number of hydrogen-bond donors (Lipinski definition) is 0. The number of unbranched alkanes of at least 4 members (excludes halogenated alkanes) is 2. The molecule has 5 rings (SSSR count). The molecule has 0 unspecified atom stereocenters. The first kappa shape index (κ1) is 21.1. The van der Waals surface area contributed by atoms with Crippen molar-refractivity contribution in [1.82, 2.24) is 0 Å². The Kier molecular flexibility index (Phi) is 5.45. The highest BCUT2D eigenvalue weighted by atomic mass is 15.1. The van der Waals surface area contributed by atoms with Gasteiger partial charge in [0.2, 0.25) is 0 Å². The fraction of sp³-hybridized carbons (Fsp3) is 0.355. The third-order valence-corrected chi connectivity index (χ3v) is 7.74. The summed E-state index contributed by atoms with van der Waals surface area (Å²) < 4.78 is 0. The van der Waals surface area contributed by atoms with Crippen LogP contribution in [0.4, 0.5) is 11.4 Å². The van der Waals surface area contributed by atoms with Gasteiger partial charge in [0.1, 0.15) is 0 Å². The van der Waals surface area contributed by atoms with Crippen molar-refractivity contribution in [3.05, 3.63) is 83.4 Å². The van der Waals surface area contributed by atoms with E-state index in [-0.39, 0.29) is 5.41 Å². The highest BCUT2D eigenvalue weighted by molar-refractivity contribution is 6.07. The van der Waals surface area contributed by atoms with Gasteiger partial charge >= 0.3 is 0 Å². The molecule has 0 N–H and O–H groups in total. The van der Waals surface area contributed by atoms with Gasteiger partial charge in [0.05, 0.1) is 11.4 Å². The fourth-order valence-corrected chi connectivity index (χ4v) is 6.15. The highest BCUT2D eigenvalue weighted by Crippen LogP contribution is 2.57. The van der Waals surface area contributed by atoms with Gasteiger partial charge in [0.25, 0.3) is 0 Å². The zero-order valence-electron chi connectivity index (χ0n) is 20.0. The molecule has 1 aliphatic rings. The van der Waals surface area contributed by atoms with E-state index in [0.717, 1.165) is 0 Å². The second kappa shape index (κ2) is 8.28. The Balaban J connectivity index is 1.92. The molecule has 0 saturated carbocycles. The maximum absolute atomic E-state index is 2.51. The summed E-state index contributed by atoms with van der Waals surface area (Å²) in [4.78, 5) is 2.51. The van der Waals surface area contributed by atoms with Crippen LogP contribution < -0.4 is 4.90 Å². The lowest BCUT2D eigenvalue weighted by Crippen LogP contribution is -2.36. The average Bonchev–Trinajstić information content (AvgIpc) is 2.83. The van der Waals surface area contributed by atoms with Crippen molar-refractivity contribution in [3.63, 3.8) is 0 Å². The SMILES string of the molecule is CCCCC1(CCCC)c2ccc3ccccc3c2N(C)c2c1ccc1cccc(C)c21. The van der Waals surface area contributed by atoms with Crippen LogP contribution in [0.1, 0.15) is 69.1 Å². The molecule has 0 saturated heterocycles. The molecule has 164 valence electrons. The predicted molar refractivity (Wildman–Crippen MR) is 141 cm³/mol. The fourth-order valence-electron chi connectivity index (χ4n) is 6.15. The van der Waals surface area contributed by atoms with E-state index in [1.165, 1.54) is 88.1 Å². The third kappa shape index (κ3) is 3.05. The number of benzene rings is 4. The molecule has 0 atom stereocenters. The zero-order chi connectivity index (χ0) is 22.3. The second-order valence-corrected chi connectivity index (χ2v) is 9.67. The Bertz CT molecular complexity index is 1270. The van der Waals surface area contributed by atoms with Gasteiger partial charge in [0, 0.05) is 23.2 Å². The van der Waals surface area contributed by atoms with Crippen LogP contribution in [0.5, 0.6) is 0 Å². The third-order valence-electron chi connectivity index (χ3n) is 7.74. The van der Waals surface area contributed by atoms with Gasteiger partial charge in [0.15, 0.2) is 0 Å². The largest absolute Gasteiger partial charge is 0.343 e. The van der Waals surface area contributed by atoms with Crippen LogP contribution in [0.3, 0.4) is 0 Å². The van der Waals surface area contributed by atoms with Gasteiger partial charge in [-0.25, -0.2) is 0 Å². The minimum Gasteiger partial charge on any atom is -0.343 e. The minimum atomic E-state index is 0.0731. The quantitative estimate of drug-likeness (QED) is 0.300. The molecule has 0 aliphatic carbocycles. The topological polar surface area (TPSA) is 3.24 Å². The van der Waals surface area contributed by atoms with E-state index in [9.17, 15) is 0 Å². The van der Waals surface area contributed by atoms with Crippen molar-refractivity contribution >= 4 is 32.9 Å². The molecule has 32 heavy (non-hydrogen) atoms. The summed E-state index contributed by atoms with van der Waals surface area (Å²) in [7, 11) is 2.29. The summed E-state index contributed by atoms with van der Waals surface area (Å²) in [6, 6.07) is 25.3. The van der Waals surface area contributed by atoms with E-state index < -0.39 is 0 Å². The van der Waals surface area contributed by atoms with Gasteiger partial charge in [-0.05, 0) is 47.2 Å². The van der Waals surface area contributed by atoms with Crippen LogP contribution in [0.2, 0.25) is 0 Å². The summed E-state index contributed by atoms with van der Waals surface area (Å²) in [6.07, 6.45) is 7.40. The maximum atomic E-state index is 2.51. The lowest BCUT2D eigenvalue weighted by atomic mass is 9.64. The van der Waals surface area contributed by atoms with Gasteiger partial charge in [-0.2, -0.15) is 0 Å². The Morgan fingerprint density at radius 1 is 0.688 bits per heavy atom. The molecule has 0 spiro atoms. The number of fused-ring (bicyclic) bond motifs is 6. The highest BCUT2D eigenvalue weighted by Gasteiger charge is 2.42. The molecule has 4 aromatic rings. The first-order valence-corrected chi connectivity index (χ1v) is 12.4. The number of anilines is 2. The molecule has 0 amide bonds. The summed E-state index contributed by atoms with van der Waals surface area (Å²) in [5, 5.41) is 5.47. The monoisotopic (exact) mass is 421 g/mol. The number of rotatable bonds is 6. The van der Waals surface area contributed by atoms with Crippen molar-refractivity contribution in [2.75, 3.05) is 11.9 Å². The Labute approximate surface area is 193 Å². The molecule has 0 aromatic heterocycles. The second-order valence-electron chi connectivity index (χ2n) is 9.67. The minimum absolute atomic E-state index is 0.0731. The van der Waals surface area contributed by atoms with Crippen LogP contribution in [0.15, 0.2) is 66.7 Å². The Morgan fingerprint density at radius 2 is 1.31 bits per heavy atom. The van der Waals surface area contributed by atoms with Crippen LogP contribution in [-0.4, -0.2) is 7.05 Å². The Morgan fingerprint density at radius 3 is 2.03 bits per heavy atom. The molecule has 1 heterocycles. The molecular weight excluding hydrogens is 386 g/mol. The van der Waals surface area contributed by atoms with Crippen molar-refractivity contribution in [1.29, 1.82) is 0 Å². The molecule has 1 aliphatic heterocycles. The van der Waals surface area contributed by atoms with Crippen LogP contribution in [0.25, 0.3) is 21.5 Å². The van der Waals surface area contributed by atoms with Gasteiger partial charge in [-0.1, -0.05) is 106 Å². The lowest BCUT2D eigenvalue weighted by Gasteiger charge is -2.46. The first-order chi connectivity index (χ1) is 15.6. The van der Waals surface area contributed by atoms with Crippen LogP contribution in [-0.2, 0) is 5.41 Å². The molecule has 1 heteroatoms. The molecule has 4 aromatic carbocycles. The smallest absolute Gasteiger partial charge is 0.0532 e. The van der Waals surface area contributed by atoms with Crippen molar-refractivity contribution in [2.45, 2.75) is 64.7 Å². The van der Waals surface area contributed by atoms with Gasteiger partial charge < -0.3 is 4.90 Å². The number of nitrogens with zero attached hydrogens (tertiary/aromatic N) is 1. The van der Waals surface area contributed by atoms with Gasteiger partial charge in [-0.3, -0.25) is 0 Å². The number of hydrogen-bond acceptors (Lipinski definition) is 1. The predicted octanol–water partition coefficient (Wildman–Crippen LogP) is 9.05. The van der Waals surface area contributed by atoms with E-state index in [1.54, 1.807) is 0 Å². The van der Waals surface area contributed by atoms with Crippen molar-refractivity contribution < 1.29 is 0 Å². The van der Waals surface area contributed by atoms with Crippen molar-refractivity contribution in [3.8, 4) is 0 Å². The average molecular weight is 422 g/mol.